The van der Waals surface area contributed by atoms with Crippen molar-refractivity contribution in [3.05, 3.63) is 60.1 Å². The smallest absolute Gasteiger partial charge is 0.183 e. The zero-order valence-electron chi connectivity index (χ0n) is 14.5. The average molecular weight is 375 g/mol. The molecule has 2 aromatic heterocycles. The maximum absolute atomic E-state index is 14.4. The van der Waals surface area contributed by atoms with Gasteiger partial charge in [-0.2, -0.15) is 0 Å². The van der Waals surface area contributed by atoms with Crippen LogP contribution in [-0.2, 0) is 5.54 Å². The van der Waals surface area contributed by atoms with Crippen molar-refractivity contribution < 1.29 is 4.39 Å². The highest BCUT2D eigenvalue weighted by molar-refractivity contribution is 7.19. The van der Waals surface area contributed by atoms with Gasteiger partial charge in [-0.25, -0.2) is 19.3 Å². The lowest BCUT2D eigenvalue weighted by molar-refractivity contribution is 0.502. The van der Waals surface area contributed by atoms with Crippen LogP contribution in [0.3, 0.4) is 0 Å². The Hall–Kier alpha value is -2.62. The van der Waals surface area contributed by atoms with E-state index in [0.717, 1.165) is 6.20 Å². The van der Waals surface area contributed by atoms with E-state index in [2.05, 4.69) is 26.8 Å². The number of aromatic nitrogens is 3. The van der Waals surface area contributed by atoms with Crippen molar-refractivity contribution in [2.45, 2.75) is 18.9 Å². The van der Waals surface area contributed by atoms with Crippen molar-refractivity contribution in [3.63, 3.8) is 0 Å². The van der Waals surface area contributed by atoms with Gasteiger partial charge < -0.3 is 22.9 Å². The number of aryl methyl sites for hydroxylation is 1. The second-order valence-corrected chi connectivity index (χ2v) is 6.81. The van der Waals surface area contributed by atoms with Gasteiger partial charge in [0.25, 0.3) is 0 Å². The molecule has 0 saturated carbocycles. The van der Waals surface area contributed by atoms with Crippen LogP contribution in [0.25, 0.3) is 10.6 Å². The van der Waals surface area contributed by atoms with E-state index in [1.54, 1.807) is 24.3 Å². The Morgan fingerprint density at radius 3 is 2.92 bits per heavy atom. The molecule has 1 aliphatic carbocycles. The average Bonchev–Trinajstić information content (AvgIpc) is 2.93. The van der Waals surface area contributed by atoms with Gasteiger partial charge in [0.1, 0.15) is 11.2 Å². The molecular formula is C17H22FN7S. The van der Waals surface area contributed by atoms with Crippen LogP contribution in [0.2, 0.25) is 0 Å². The summed E-state index contributed by atoms with van der Waals surface area (Å²) in [5, 5.41) is 3.78. The Kier molecular flexibility index (Phi) is 5.86. The molecule has 1 unspecified atom stereocenters. The lowest BCUT2D eigenvalue weighted by Gasteiger charge is -2.27. The van der Waals surface area contributed by atoms with E-state index in [0.29, 0.717) is 40.2 Å². The molecule has 0 bridgehead atoms. The van der Waals surface area contributed by atoms with Crippen LogP contribution in [0.15, 0.2) is 42.8 Å². The van der Waals surface area contributed by atoms with Gasteiger partial charge in [0, 0.05) is 18.7 Å². The van der Waals surface area contributed by atoms with Crippen LogP contribution in [0.1, 0.15) is 17.9 Å². The first-order chi connectivity index (χ1) is 11.9. The van der Waals surface area contributed by atoms with Gasteiger partial charge in [0.2, 0.25) is 0 Å². The molecule has 26 heavy (non-hydrogen) atoms. The van der Waals surface area contributed by atoms with Crippen molar-refractivity contribution in [3.8, 4) is 10.6 Å². The van der Waals surface area contributed by atoms with Crippen LogP contribution in [-0.4, -0.2) is 21.5 Å². The summed E-state index contributed by atoms with van der Waals surface area (Å²) in [6.45, 7) is 6.04. The Labute approximate surface area is 155 Å². The fourth-order valence-corrected chi connectivity index (χ4v) is 3.52. The lowest BCUT2D eigenvalue weighted by Crippen LogP contribution is -2.39. The summed E-state index contributed by atoms with van der Waals surface area (Å²) in [6.07, 6.45) is 8.57. The van der Waals surface area contributed by atoms with E-state index < -0.39 is 11.4 Å². The summed E-state index contributed by atoms with van der Waals surface area (Å²) in [6, 6.07) is 0. The van der Waals surface area contributed by atoms with E-state index in [-0.39, 0.29) is 11.8 Å². The van der Waals surface area contributed by atoms with E-state index in [9.17, 15) is 4.39 Å². The van der Waals surface area contributed by atoms with Crippen LogP contribution in [0.4, 0.5) is 9.52 Å². The second-order valence-electron chi connectivity index (χ2n) is 5.81. The number of hydrogen-bond acceptors (Lipinski definition) is 8. The minimum Gasteiger partial charge on any atom is -0.402 e. The molecule has 2 heterocycles. The van der Waals surface area contributed by atoms with Crippen molar-refractivity contribution in [2.24, 2.45) is 11.5 Å². The van der Waals surface area contributed by atoms with Crippen LogP contribution in [0, 0.1) is 12.7 Å². The molecule has 0 fully saturated rings. The molecule has 1 atom stereocenters. The predicted octanol–water partition coefficient (Wildman–Crippen LogP) is 2.76. The molecule has 8 N–H and O–H groups in total. The summed E-state index contributed by atoms with van der Waals surface area (Å²) < 4.78 is 14.4. The molecule has 1 aliphatic rings. The SMILES string of the molecule is C=CCNc1nc(C)c(-c2nc(C3(N)C=CC=C(N)C3)ncc2F)s1.N. The lowest BCUT2D eigenvalue weighted by atomic mass is 9.89. The number of hydrogen-bond donors (Lipinski definition) is 4. The summed E-state index contributed by atoms with van der Waals surface area (Å²) in [5.41, 5.74) is 12.8. The Morgan fingerprint density at radius 1 is 1.46 bits per heavy atom. The highest BCUT2D eigenvalue weighted by atomic mass is 32.1. The quantitative estimate of drug-likeness (QED) is 0.589. The Balaban J connectivity index is 0.00000243. The minimum absolute atomic E-state index is 0. The zero-order valence-corrected chi connectivity index (χ0v) is 15.3. The molecule has 0 saturated heterocycles. The number of anilines is 1. The number of allylic oxidation sites excluding steroid dienone is 2. The summed E-state index contributed by atoms with van der Waals surface area (Å²) in [7, 11) is 0. The topological polar surface area (TPSA) is 138 Å². The van der Waals surface area contributed by atoms with Crippen molar-refractivity contribution in [1.29, 1.82) is 0 Å². The third-order valence-electron chi connectivity index (χ3n) is 3.77. The number of nitrogens with two attached hydrogens (primary N) is 2. The first-order valence-corrected chi connectivity index (χ1v) is 8.53. The molecule has 0 radical (unpaired) electrons. The highest BCUT2D eigenvalue weighted by Gasteiger charge is 2.31. The number of thiazole rings is 1. The molecule has 138 valence electrons. The van der Waals surface area contributed by atoms with Crippen LogP contribution >= 0.6 is 11.3 Å². The van der Waals surface area contributed by atoms with Gasteiger partial charge >= 0.3 is 0 Å². The van der Waals surface area contributed by atoms with Crippen LogP contribution < -0.4 is 22.9 Å². The third kappa shape index (κ3) is 3.79. The molecule has 0 aromatic carbocycles. The fourth-order valence-electron chi connectivity index (χ4n) is 2.55. The van der Waals surface area contributed by atoms with E-state index in [1.165, 1.54) is 11.3 Å². The predicted molar refractivity (Wildman–Crippen MR) is 103 cm³/mol. The van der Waals surface area contributed by atoms with Gasteiger partial charge in [-0.05, 0) is 13.0 Å². The molecular weight excluding hydrogens is 353 g/mol. The zero-order chi connectivity index (χ0) is 18.0. The maximum Gasteiger partial charge on any atom is 0.183 e. The largest absolute Gasteiger partial charge is 0.402 e. The fraction of sp³-hybridized carbons (Fsp3) is 0.235. The molecule has 7 nitrogen and oxygen atoms in total. The Morgan fingerprint density at radius 2 is 2.23 bits per heavy atom. The van der Waals surface area contributed by atoms with E-state index >= 15 is 0 Å². The Bertz CT molecular complexity index is 874. The maximum atomic E-state index is 14.4. The molecule has 0 spiro atoms. The minimum atomic E-state index is -0.955. The summed E-state index contributed by atoms with van der Waals surface area (Å²) in [5.74, 6) is -0.192. The van der Waals surface area contributed by atoms with E-state index in [4.69, 9.17) is 11.5 Å². The standard InChI is InChI=1S/C17H19FN6S.H3N/c1-3-7-21-16-23-10(2)14(25-16)13-12(18)9-22-15(24-13)17(20)6-4-5-11(19)8-17;/h3-6,9H,1,7-8,19-20H2,2H3,(H,21,23);1H3. The van der Waals surface area contributed by atoms with Gasteiger partial charge in [-0.1, -0.05) is 29.6 Å². The number of nitrogens with one attached hydrogen (secondary N) is 1. The first kappa shape index (κ1) is 19.7. The number of rotatable bonds is 5. The molecule has 0 amide bonds. The number of nitrogens with zero attached hydrogens (tertiary/aromatic N) is 3. The summed E-state index contributed by atoms with van der Waals surface area (Å²) >= 11 is 1.33. The molecule has 0 aliphatic heterocycles. The second kappa shape index (κ2) is 7.73. The molecule has 3 rings (SSSR count). The highest BCUT2D eigenvalue weighted by Crippen LogP contribution is 2.34. The van der Waals surface area contributed by atoms with Gasteiger partial charge in [-0.3, -0.25) is 0 Å². The van der Waals surface area contributed by atoms with Gasteiger partial charge in [0.05, 0.1) is 16.8 Å². The van der Waals surface area contributed by atoms with Gasteiger partial charge in [0.15, 0.2) is 16.8 Å². The third-order valence-corrected chi connectivity index (χ3v) is 4.89. The number of halogens is 1. The summed E-state index contributed by atoms with van der Waals surface area (Å²) in [4.78, 5) is 13.5. The van der Waals surface area contributed by atoms with Crippen molar-refractivity contribution >= 4 is 16.5 Å². The van der Waals surface area contributed by atoms with Gasteiger partial charge in [-0.15, -0.1) is 6.58 Å². The van der Waals surface area contributed by atoms with Crippen molar-refractivity contribution in [2.75, 3.05) is 11.9 Å². The normalized spacial score (nSPS) is 18.8. The first-order valence-electron chi connectivity index (χ1n) is 7.71. The molecule has 9 heteroatoms. The van der Waals surface area contributed by atoms with Crippen molar-refractivity contribution in [1.82, 2.24) is 21.1 Å². The monoisotopic (exact) mass is 375 g/mol. The van der Waals surface area contributed by atoms with Crippen LogP contribution in [0.5, 0.6) is 0 Å². The molecule has 2 aromatic rings. The van der Waals surface area contributed by atoms with E-state index in [1.807, 2.05) is 6.92 Å².